The molecule has 1 fully saturated rings. The molecular weight excluding hydrogens is 316 g/mol. The minimum absolute atomic E-state index is 0.0144. The third kappa shape index (κ3) is 3.12. The van der Waals surface area contributed by atoms with Crippen LogP contribution in [0.25, 0.3) is 0 Å². The van der Waals surface area contributed by atoms with Crippen molar-refractivity contribution in [2.75, 3.05) is 6.54 Å². The van der Waals surface area contributed by atoms with Gasteiger partial charge in [0.2, 0.25) is 5.91 Å². The van der Waals surface area contributed by atoms with Gasteiger partial charge in [0.1, 0.15) is 11.6 Å². The van der Waals surface area contributed by atoms with E-state index >= 15 is 0 Å². The van der Waals surface area contributed by atoms with E-state index in [4.69, 9.17) is 0 Å². The third-order valence-electron chi connectivity index (χ3n) is 4.13. The van der Waals surface area contributed by atoms with Crippen LogP contribution in [0, 0.1) is 0 Å². The molecule has 0 bridgehead atoms. The maximum Gasteiger partial charge on any atom is 0.331 e. The second-order valence-electron chi connectivity index (χ2n) is 5.59. The second kappa shape index (κ2) is 6.49. The van der Waals surface area contributed by atoms with Gasteiger partial charge in [-0.2, -0.15) is 0 Å². The fraction of sp³-hybridized carbons (Fsp3) is 0.467. The molecule has 0 aliphatic carbocycles. The van der Waals surface area contributed by atoms with Crippen molar-refractivity contribution in [2.45, 2.75) is 31.8 Å². The minimum atomic E-state index is -0.478. The molecule has 1 aliphatic rings. The maximum absolute atomic E-state index is 12.7. The first kappa shape index (κ1) is 15.7. The Hall–Kier alpha value is -2.22. The zero-order chi connectivity index (χ0) is 16.4. The molecule has 0 N–H and O–H groups in total. The zero-order valence-electron chi connectivity index (χ0n) is 12.8. The number of carbonyl (C=O) groups excluding carboxylic acids is 1. The van der Waals surface area contributed by atoms with E-state index in [2.05, 4.69) is 4.98 Å². The molecule has 1 amide bonds. The van der Waals surface area contributed by atoms with Crippen LogP contribution in [0.4, 0.5) is 0 Å². The molecule has 0 spiro atoms. The van der Waals surface area contributed by atoms with E-state index < -0.39 is 5.69 Å². The molecule has 1 saturated heterocycles. The summed E-state index contributed by atoms with van der Waals surface area (Å²) in [5, 5.41) is 2.84. The molecule has 0 radical (unpaired) electrons. The number of hydrogen-bond donors (Lipinski definition) is 0. The average molecular weight is 334 g/mol. The Balaban J connectivity index is 1.83. The number of rotatable bonds is 3. The van der Waals surface area contributed by atoms with Crippen LogP contribution in [0.5, 0.6) is 0 Å². The number of thiazole rings is 1. The average Bonchev–Trinajstić information content (AvgIpc) is 3.10. The Morgan fingerprint density at radius 1 is 1.39 bits per heavy atom. The smallest absolute Gasteiger partial charge is 0.331 e. The molecule has 3 rings (SSSR count). The Labute approximate surface area is 136 Å². The lowest BCUT2D eigenvalue weighted by molar-refractivity contribution is -0.135. The summed E-state index contributed by atoms with van der Waals surface area (Å²) in [5.41, 5.74) is -0.856. The lowest BCUT2D eigenvalue weighted by Crippen LogP contribution is -2.44. The van der Waals surface area contributed by atoms with E-state index in [1.165, 1.54) is 23.9 Å². The highest BCUT2D eigenvalue weighted by molar-refractivity contribution is 7.09. The highest BCUT2D eigenvalue weighted by atomic mass is 32.1. The molecule has 0 unspecified atom stereocenters. The molecule has 122 valence electrons. The van der Waals surface area contributed by atoms with E-state index in [1.807, 2.05) is 5.38 Å². The summed E-state index contributed by atoms with van der Waals surface area (Å²) < 4.78 is 2.28. The van der Waals surface area contributed by atoms with Gasteiger partial charge >= 0.3 is 5.69 Å². The number of likely N-dealkylation sites (tertiary alicyclic amines) is 1. The fourth-order valence-electron chi connectivity index (χ4n) is 2.86. The predicted octanol–water partition coefficient (Wildman–Crippen LogP) is 0.757. The minimum Gasteiger partial charge on any atom is -0.332 e. The summed E-state index contributed by atoms with van der Waals surface area (Å²) >= 11 is 1.55. The molecule has 1 atom stereocenters. The first-order valence-electron chi connectivity index (χ1n) is 7.53. The van der Waals surface area contributed by atoms with Crippen molar-refractivity contribution >= 4 is 17.2 Å². The SMILES string of the molecule is Cn1c(=O)ccn(CC(=O)N2CCCC[C@@H]2c2nccs2)c1=O. The highest BCUT2D eigenvalue weighted by Crippen LogP contribution is 2.32. The molecule has 0 aromatic carbocycles. The van der Waals surface area contributed by atoms with E-state index in [9.17, 15) is 14.4 Å². The van der Waals surface area contributed by atoms with Crippen molar-refractivity contribution in [1.29, 1.82) is 0 Å². The van der Waals surface area contributed by atoms with E-state index in [0.29, 0.717) is 6.54 Å². The van der Waals surface area contributed by atoms with Crippen LogP contribution in [-0.4, -0.2) is 31.5 Å². The van der Waals surface area contributed by atoms with Crippen LogP contribution >= 0.6 is 11.3 Å². The summed E-state index contributed by atoms with van der Waals surface area (Å²) in [6.45, 7) is 0.610. The molecule has 8 heteroatoms. The highest BCUT2D eigenvalue weighted by Gasteiger charge is 2.29. The van der Waals surface area contributed by atoms with Gasteiger partial charge in [0.15, 0.2) is 0 Å². The Bertz CT molecular complexity index is 809. The molecule has 0 saturated carbocycles. The number of aromatic nitrogens is 3. The third-order valence-corrected chi connectivity index (χ3v) is 5.00. The van der Waals surface area contributed by atoms with Crippen LogP contribution < -0.4 is 11.2 Å². The molecule has 1 aliphatic heterocycles. The normalized spacial score (nSPS) is 18.1. The first-order valence-corrected chi connectivity index (χ1v) is 8.41. The van der Waals surface area contributed by atoms with Gasteiger partial charge in [-0.3, -0.25) is 18.7 Å². The van der Waals surface area contributed by atoms with Crippen LogP contribution in [0.3, 0.4) is 0 Å². The largest absolute Gasteiger partial charge is 0.332 e. The molecule has 7 nitrogen and oxygen atoms in total. The quantitative estimate of drug-likeness (QED) is 0.830. The topological polar surface area (TPSA) is 77.2 Å². The lowest BCUT2D eigenvalue weighted by Gasteiger charge is -2.34. The van der Waals surface area contributed by atoms with Crippen molar-refractivity contribution in [2.24, 2.45) is 7.05 Å². The lowest BCUT2D eigenvalue weighted by atomic mass is 10.0. The van der Waals surface area contributed by atoms with Gasteiger partial charge in [-0.05, 0) is 19.3 Å². The number of nitrogens with zero attached hydrogens (tertiary/aromatic N) is 4. The fourth-order valence-corrected chi connectivity index (χ4v) is 3.64. The van der Waals surface area contributed by atoms with E-state index in [1.54, 1.807) is 22.4 Å². The summed E-state index contributed by atoms with van der Waals surface area (Å²) in [4.78, 5) is 42.3. The van der Waals surface area contributed by atoms with Crippen LogP contribution in [0.1, 0.15) is 30.3 Å². The predicted molar refractivity (Wildman–Crippen MR) is 86.4 cm³/mol. The molecular formula is C15H18N4O3S. The van der Waals surface area contributed by atoms with Crippen molar-refractivity contribution in [3.8, 4) is 0 Å². The van der Waals surface area contributed by atoms with Gasteiger partial charge in [-0.1, -0.05) is 0 Å². The maximum atomic E-state index is 12.7. The van der Waals surface area contributed by atoms with Gasteiger partial charge in [0, 0.05) is 37.4 Å². The molecule has 23 heavy (non-hydrogen) atoms. The van der Waals surface area contributed by atoms with Gasteiger partial charge in [0.25, 0.3) is 5.56 Å². The Morgan fingerprint density at radius 2 is 2.22 bits per heavy atom. The van der Waals surface area contributed by atoms with Gasteiger partial charge < -0.3 is 4.90 Å². The molecule has 3 heterocycles. The number of amides is 1. The van der Waals surface area contributed by atoms with Crippen LogP contribution in [0.15, 0.2) is 33.4 Å². The molecule has 2 aromatic heterocycles. The summed E-state index contributed by atoms with van der Waals surface area (Å²) in [6, 6.07) is 1.28. The van der Waals surface area contributed by atoms with E-state index in [-0.39, 0.29) is 24.1 Å². The number of piperidine rings is 1. The van der Waals surface area contributed by atoms with Crippen molar-refractivity contribution in [1.82, 2.24) is 19.0 Å². The summed E-state index contributed by atoms with van der Waals surface area (Å²) in [5.74, 6) is -0.120. The van der Waals surface area contributed by atoms with Crippen LogP contribution in [-0.2, 0) is 18.4 Å². The van der Waals surface area contributed by atoms with Crippen molar-refractivity contribution < 1.29 is 4.79 Å². The summed E-state index contributed by atoms with van der Waals surface area (Å²) in [6.07, 6.45) is 6.03. The van der Waals surface area contributed by atoms with Gasteiger partial charge in [-0.25, -0.2) is 9.78 Å². The van der Waals surface area contributed by atoms with Crippen LogP contribution in [0.2, 0.25) is 0 Å². The van der Waals surface area contributed by atoms with E-state index in [0.717, 1.165) is 28.8 Å². The van der Waals surface area contributed by atoms with Gasteiger partial charge in [-0.15, -0.1) is 11.3 Å². The number of hydrogen-bond acceptors (Lipinski definition) is 5. The summed E-state index contributed by atoms with van der Waals surface area (Å²) in [7, 11) is 1.41. The van der Waals surface area contributed by atoms with Crippen molar-refractivity contribution in [3.63, 3.8) is 0 Å². The first-order chi connectivity index (χ1) is 11.1. The van der Waals surface area contributed by atoms with Crippen molar-refractivity contribution in [3.05, 3.63) is 49.7 Å². The number of carbonyl (C=O) groups is 1. The monoisotopic (exact) mass is 334 g/mol. The van der Waals surface area contributed by atoms with Gasteiger partial charge in [0.05, 0.1) is 6.04 Å². The standard InChI is InChI=1S/C15H18N4O3S/c1-17-12(20)5-8-18(15(17)22)10-13(21)19-7-3-2-4-11(19)14-16-6-9-23-14/h5-6,8-9,11H,2-4,7,10H2,1H3/t11-/m1/s1. The second-order valence-corrected chi connectivity index (χ2v) is 6.52. The Morgan fingerprint density at radius 3 is 2.96 bits per heavy atom. The molecule has 2 aromatic rings. The zero-order valence-corrected chi connectivity index (χ0v) is 13.7. The Kier molecular flexibility index (Phi) is 4.42.